The summed E-state index contributed by atoms with van der Waals surface area (Å²) in [5.41, 5.74) is 1.22. The Hall–Kier alpha value is -3.04. The number of carbonyl (C=O) groups is 1. The lowest BCUT2D eigenvalue weighted by Gasteiger charge is -2.12. The molecule has 1 heterocycles. The van der Waals surface area contributed by atoms with Crippen LogP contribution in [0.1, 0.15) is 16.1 Å². The van der Waals surface area contributed by atoms with E-state index in [2.05, 4.69) is 5.32 Å². The number of benzene rings is 2. The Balaban J connectivity index is 1.91. The Bertz CT molecular complexity index is 1150. The van der Waals surface area contributed by atoms with Gasteiger partial charge in [-0.05, 0) is 18.2 Å². The zero-order chi connectivity index (χ0) is 21.7. The van der Waals surface area contributed by atoms with Gasteiger partial charge in [-0.2, -0.15) is 0 Å². The molecular weight excluding hydrogens is 410 g/mol. The molecule has 0 saturated heterocycles. The number of anilines is 1. The number of furan rings is 1. The molecule has 0 saturated carbocycles. The van der Waals surface area contributed by atoms with E-state index in [1.54, 1.807) is 49.6 Å². The standard InChI is InChI=1S/C21H23NO7S/c1-26-10-11-28-19-12-14(8-9-18(19)27-2)22-21(23)20-16(13-30(3,24)25)15-6-4-5-7-17(15)29-20/h4-9,12H,10-11,13H2,1-3H3,(H,22,23). The molecule has 3 aromatic rings. The third kappa shape index (κ3) is 5.11. The van der Waals surface area contributed by atoms with Gasteiger partial charge in [-0.15, -0.1) is 0 Å². The second kappa shape index (κ2) is 9.19. The molecular formula is C21H23NO7S. The Morgan fingerprint density at radius 2 is 1.83 bits per heavy atom. The molecule has 0 atom stereocenters. The number of fused-ring (bicyclic) bond motifs is 1. The molecule has 0 aliphatic carbocycles. The first kappa shape index (κ1) is 21.7. The second-order valence-electron chi connectivity index (χ2n) is 6.64. The van der Waals surface area contributed by atoms with E-state index >= 15 is 0 Å². The predicted molar refractivity (Wildman–Crippen MR) is 113 cm³/mol. The van der Waals surface area contributed by atoms with Crippen molar-refractivity contribution in [3.8, 4) is 11.5 Å². The summed E-state index contributed by atoms with van der Waals surface area (Å²) in [6, 6.07) is 11.9. The number of sulfone groups is 1. The minimum absolute atomic E-state index is 0.0423. The van der Waals surface area contributed by atoms with Crippen LogP contribution >= 0.6 is 0 Å². The number of rotatable bonds is 9. The highest BCUT2D eigenvalue weighted by molar-refractivity contribution is 7.89. The fourth-order valence-electron chi connectivity index (χ4n) is 2.98. The molecule has 0 aliphatic heterocycles. The molecule has 1 aromatic heterocycles. The van der Waals surface area contributed by atoms with Crippen LogP contribution in [-0.4, -0.2) is 48.0 Å². The Morgan fingerprint density at radius 1 is 1.07 bits per heavy atom. The van der Waals surface area contributed by atoms with Crippen molar-refractivity contribution in [3.63, 3.8) is 0 Å². The van der Waals surface area contributed by atoms with Crippen LogP contribution in [0.15, 0.2) is 46.9 Å². The zero-order valence-corrected chi connectivity index (χ0v) is 17.7. The molecule has 0 spiro atoms. The lowest BCUT2D eigenvalue weighted by Crippen LogP contribution is -2.14. The van der Waals surface area contributed by atoms with Crippen molar-refractivity contribution >= 4 is 32.4 Å². The maximum atomic E-state index is 12.9. The first-order valence-electron chi connectivity index (χ1n) is 9.11. The van der Waals surface area contributed by atoms with Crippen molar-refractivity contribution in [2.24, 2.45) is 0 Å². The summed E-state index contributed by atoms with van der Waals surface area (Å²) >= 11 is 0. The Kier molecular flexibility index (Phi) is 6.63. The Labute approximate surface area is 174 Å². The number of nitrogens with one attached hydrogen (secondary N) is 1. The van der Waals surface area contributed by atoms with Gasteiger partial charge in [0, 0.05) is 36.1 Å². The lowest BCUT2D eigenvalue weighted by atomic mass is 10.1. The molecule has 8 nitrogen and oxygen atoms in total. The SMILES string of the molecule is COCCOc1cc(NC(=O)c2oc3ccccc3c2CS(C)(=O)=O)ccc1OC. The van der Waals surface area contributed by atoms with Crippen LogP contribution in [0.4, 0.5) is 5.69 Å². The van der Waals surface area contributed by atoms with Crippen LogP contribution < -0.4 is 14.8 Å². The molecule has 1 N–H and O–H groups in total. The molecule has 9 heteroatoms. The number of amides is 1. The summed E-state index contributed by atoms with van der Waals surface area (Å²) in [5.74, 6) is 0.0388. The lowest BCUT2D eigenvalue weighted by molar-refractivity contribution is 0.0997. The normalized spacial score (nSPS) is 11.4. The molecule has 30 heavy (non-hydrogen) atoms. The summed E-state index contributed by atoms with van der Waals surface area (Å²) in [4.78, 5) is 12.9. The minimum Gasteiger partial charge on any atom is -0.493 e. The molecule has 0 aliphatic rings. The van der Waals surface area contributed by atoms with Crippen molar-refractivity contribution in [1.82, 2.24) is 0 Å². The summed E-state index contributed by atoms with van der Waals surface area (Å²) in [6.45, 7) is 0.708. The first-order chi connectivity index (χ1) is 14.3. The van der Waals surface area contributed by atoms with E-state index in [-0.39, 0.29) is 11.5 Å². The first-order valence-corrected chi connectivity index (χ1v) is 11.2. The fraction of sp³-hybridized carbons (Fsp3) is 0.286. The van der Waals surface area contributed by atoms with Gasteiger partial charge in [-0.1, -0.05) is 18.2 Å². The number of carbonyl (C=O) groups excluding carboxylic acids is 1. The van der Waals surface area contributed by atoms with Crippen molar-refractivity contribution in [1.29, 1.82) is 0 Å². The van der Waals surface area contributed by atoms with Gasteiger partial charge in [0.25, 0.3) is 5.91 Å². The van der Waals surface area contributed by atoms with Gasteiger partial charge in [-0.3, -0.25) is 4.79 Å². The van der Waals surface area contributed by atoms with Gasteiger partial charge in [-0.25, -0.2) is 8.42 Å². The highest BCUT2D eigenvalue weighted by Gasteiger charge is 2.23. The second-order valence-corrected chi connectivity index (χ2v) is 8.78. The molecule has 0 unspecified atom stereocenters. The minimum atomic E-state index is -3.38. The number of ether oxygens (including phenoxy) is 3. The highest BCUT2D eigenvalue weighted by Crippen LogP contribution is 2.32. The summed E-state index contributed by atoms with van der Waals surface area (Å²) in [6.07, 6.45) is 1.11. The molecule has 0 fully saturated rings. The van der Waals surface area contributed by atoms with Crippen LogP contribution in [0, 0.1) is 0 Å². The highest BCUT2D eigenvalue weighted by atomic mass is 32.2. The van der Waals surface area contributed by atoms with Crippen LogP contribution in [-0.2, 0) is 20.3 Å². The zero-order valence-electron chi connectivity index (χ0n) is 16.9. The van der Waals surface area contributed by atoms with E-state index in [0.29, 0.717) is 46.9 Å². The van der Waals surface area contributed by atoms with Gasteiger partial charge < -0.3 is 23.9 Å². The Morgan fingerprint density at radius 3 is 2.53 bits per heavy atom. The summed E-state index contributed by atoms with van der Waals surface area (Å²) < 4.78 is 45.4. The van der Waals surface area contributed by atoms with E-state index in [9.17, 15) is 13.2 Å². The van der Waals surface area contributed by atoms with E-state index in [4.69, 9.17) is 18.6 Å². The molecule has 0 radical (unpaired) electrons. The van der Waals surface area contributed by atoms with Crippen LogP contribution in [0.3, 0.4) is 0 Å². The van der Waals surface area contributed by atoms with Crippen LogP contribution in [0.2, 0.25) is 0 Å². The maximum Gasteiger partial charge on any atom is 0.291 e. The number of para-hydroxylation sites is 1. The molecule has 160 valence electrons. The van der Waals surface area contributed by atoms with Gasteiger partial charge in [0.05, 0.1) is 19.5 Å². The quantitative estimate of drug-likeness (QED) is 0.517. The van der Waals surface area contributed by atoms with Crippen molar-refractivity contribution in [2.45, 2.75) is 5.75 Å². The largest absolute Gasteiger partial charge is 0.493 e. The average molecular weight is 433 g/mol. The fourth-order valence-corrected chi connectivity index (χ4v) is 3.79. The smallest absolute Gasteiger partial charge is 0.291 e. The molecule has 0 bridgehead atoms. The van der Waals surface area contributed by atoms with Crippen LogP contribution in [0.25, 0.3) is 11.0 Å². The van der Waals surface area contributed by atoms with Gasteiger partial charge in [0.2, 0.25) is 0 Å². The molecule has 2 aromatic carbocycles. The topological polar surface area (TPSA) is 104 Å². The summed E-state index contributed by atoms with van der Waals surface area (Å²) in [5, 5.41) is 3.32. The van der Waals surface area contributed by atoms with Gasteiger partial charge in [0.15, 0.2) is 27.1 Å². The number of hydrogen-bond acceptors (Lipinski definition) is 7. The van der Waals surface area contributed by atoms with Crippen LogP contribution in [0.5, 0.6) is 11.5 Å². The maximum absolute atomic E-state index is 12.9. The predicted octanol–water partition coefficient (Wildman–Crippen LogP) is 3.26. The van der Waals surface area contributed by atoms with E-state index in [0.717, 1.165) is 6.26 Å². The van der Waals surface area contributed by atoms with E-state index < -0.39 is 15.7 Å². The number of methoxy groups -OCH3 is 2. The van der Waals surface area contributed by atoms with Crippen molar-refractivity contribution in [2.75, 3.05) is 39.0 Å². The summed E-state index contributed by atoms with van der Waals surface area (Å²) in [7, 11) is -0.300. The van der Waals surface area contributed by atoms with Crippen molar-refractivity contribution in [3.05, 3.63) is 53.8 Å². The van der Waals surface area contributed by atoms with E-state index in [1.165, 1.54) is 7.11 Å². The third-order valence-corrected chi connectivity index (χ3v) is 5.09. The average Bonchev–Trinajstić information content (AvgIpc) is 3.05. The molecule has 1 amide bonds. The monoisotopic (exact) mass is 433 g/mol. The van der Waals surface area contributed by atoms with Crippen molar-refractivity contribution < 1.29 is 31.8 Å². The molecule has 3 rings (SSSR count). The van der Waals surface area contributed by atoms with Gasteiger partial charge >= 0.3 is 0 Å². The van der Waals surface area contributed by atoms with E-state index in [1.807, 2.05) is 0 Å². The number of hydrogen-bond donors (Lipinski definition) is 1. The third-order valence-electron chi connectivity index (χ3n) is 4.28. The van der Waals surface area contributed by atoms with Gasteiger partial charge in [0.1, 0.15) is 12.2 Å².